The van der Waals surface area contributed by atoms with E-state index in [2.05, 4.69) is 5.32 Å². The molecule has 1 heterocycles. The van der Waals surface area contributed by atoms with Crippen LogP contribution in [0.4, 0.5) is 0 Å². The normalized spacial score (nSPS) is 34.8. The minimum atomic E-state index is -2.01. The number of hydrogen-bond acceptors (Lipinski definition) is 6. The van der Waals surface area contributed by atoms with Crippen LogP contribution in [0, 0.1) is 0 Å². The zero-order chi connectivity index (χ0) is 13.9. The molecule has 102 valence electrons. The van der Waals surface area contributed by atoms with E-state index in [0.29, 0.717) is 6.42 Å². The molecule has 3 unspecified atom stereocenters. The van der Waals surface area contributed by atoms with Crippen LogP contribution >= 0.6 is 0 Å². The summed E-state index contributed by atoms with van der Waals surface area (Å²) in [5, 5.41) is 29.8. The summed E-state index contributed by atoms with van der Waals surface area (Å²) < 4.78 is 0. The maximum absolute atomic E-state index is 11.5. The summed E-state index contributed by atoms with van der Waals surface area (Å²) >= 11 is 0. The monoisotopic (exact) mass is 260 g/mol. The van der Waals surface area contributed by atoms with Gasteiger partial charge in [-0.05, 0) is 19.3 Å². The average molecular weight is 260 g/mol. The van der Waals surface area contributed by atoms with Crippen molar-refractivity contribution in [3.63, 3.8) is 0 Å². The van der Waals surface area contributed by atoms with Gasteiger partial charge in [0.1, 0.15) is 12.1 Å². The number of carbonyl (C=O) groups excluding carboxylic acids is 2. The number of rotatable bonds is 1. The molecule has 0 aliphatic carbocycles. The van der Waals surface area contributed by atoms with Crippen LogP contribution in [0.1, 0.15) is 19.3 Å². The SMILES string of the molecule is NC1CCC[C@@H](C(=O)O)NC(=O)C(O)C(O)C1=O. The summed E-state index contributed by atoms with van der Waals surface area (Å²) in [6, 6.07) is -2.19. The Morgan fingerprint density at radius 1 is 1.22 bits per heavy atom. The Morgan fingerprint density at radius 3 is 2.39 bits per heavy atom. The van der Waals surface area contributed by atoms with Crippen molar-refractivity contribution >= 4 is 17.7 Å². The first-order valence-corrected chi connectivity index (χ1v) is 5.53. The van der Waals surface area contributed by atoms with Crippen LogP contribution < -0.4 is 11.1 Å². The summed E-state index contributed by atoms with van der Waals surface area (Å²) in [5.41, 5.74) is 5.49. The molecule has 18 heavy (non-hydrogen) atoms. The molecule has 1 aliphatic heterocycles. The molecule has 8 heteroatoms. The smallest absolute Gasteiger partial charge is 0.326 e. The predicted molar refractivity (Wildman–Crippen MR) is 58.4 cm³/mol. The lowest BCUT2D eigenvalue weighted by Gasteiger charge is -2.24. The summed E-state index contributed by atoms with van der Waals surface area (Å²) in [6.07, 6.45) is -3.35. The van der Waals surface area contributed by atoms with Gasteiger partial charge >= 0.3 is 5.97 Å². The van der Waals surface area contributed by atoms with Crippen molar-refractivity contribution in [2.45, 2.75) is 43.6 Å². The second kappa shape index (κ2) is 5.89. The molecule has 0 radical (unpaired) electrons. The average Bonchev–Trinajstić information content (AvgIpc) is 2.33. The van der Waals surface area contributed by atoms with Gasteiger partial charge in [-0.15, -0.1) is 0 Å². The molecule has 0 aromatic heterocycles. The van der Waals surface area contributed by atoms with E-state index in [0.717, 1.165) is 0 Å². The van der Waals surface area contributed by atoms with E-state index in [1.165, 1.54) is 0 Å². The van der Waals surface area contributed by atoms with E-state index in [9.17, 15) is 24.6 Å². The molecule has 1 fully saturated rings. The number of hydrogen-bond donors (Lipinski definition) is 5. The Labute approximate surface area is 103 Å². The number of carboxylic acids is 1. The minimum absolute atomic E-state index is 0.102. The molecule has 1 rings (SSSR count). The fourth-order valence-electron chi connectivity index (χ4n) is 1.72. The summed E-state index contributed by atoms with van der Waals surface area (Å²) in [5.74, 6) is -3.17. The van der Waals surface area contributed by atoms with Gasteiger partial charge in [0.05, 0.1) is 6.04 Å². The number of carbonyl (C=O) groups is 3. The van der Waals surface area contributed by atoms with Gasteiger partial charge in [-0.25, -0.2) is 4.79 Å². The Hall–Kier alpha value is -1.51. The molecular formula is C10H16N2O6. The van der Waals surface area contributed by atoms with Crippen LogP contribution in [-0.4, -0.2) is 57.3 Å². The first-order valence-electron chi connectivity index (χ1n) is 5.53. The Bertz CT molecular complexity index is 358. The van der Waals surface area contributed by atoms with Crippen molar-refractivity contribution in [3.05, 3.63) is 0 Å². The molecule has 0 bridgehead atoms. The van der Waals surface area contributed by atoms with Crippen molar-refractivity contribution in [2.24, 2.45) is 5.73 Å². The highest BCUT2D eigenvalue weighted by Gasteiger charge is 2.36. The number of nitrogens with two attached hydrogens (primary N) is 1. The number of carboxylic acid groups (broad SMARTS) is 1. The lowest BCUT2D eigenvalue weighted by atomic mass is 9.95. The third kappa shape index (κ3) is 3.25. The van der Waals surface area contributed by atoms with Gasteiger partial charge in [0.15, 0.2) is 11.9 Å². The Balaban J connectivity index is 2.88. The fraction of sp³-hybridized carbons (Fsp3) is 0.700. The summed E-state index contributed by atoms with van der Waals surface area (Å²) in [6.45, 7) is 0. The predicted octanol–water partition coefficient (Wildman–Crippen LogP) is -2.64. The number of aliphatic hydroxyl groups is 2. The largest absolute Gasteiger partial charge is 0.480 e. The van der Waals surface area contributed by atoms with Crippen molar-refractivity contribution in [2.75, 3.05) is 0 Å². The van der Waals surface area contributed by atoms with Crippen molar-refractivity contribution in [1.29, 1.82) is 0 Å². The molecule has 1 saturated heterocycles. The van der Waals surface area contributed by atoms with E-state index < -0.39 is 42.0 Å². The van der Waals surface area contributed by atoms with Gasteiger partial charge in [0, 0.05) is 0 Å². The van der Waals surface area contributed by atoms with E-state index in [-0.39, 0.29) is 12.8 Å². The molecule has 4 atom stereocenters. The molecule has 0 spiro atoms. The number of nitrogens with one attached hydrogen (secondary N) is 1. The molecule has 1 amide bonds. The molecular weight excluding hydrogens is 244 g/mol. The van der Waals surface area contributed by atoms with E-state index >= 15 is 0 Å². The van der Waals surface area contributed by atoms with Gasteiger partial charge in [0.25, 0.3) is 5.91 Å². The molecule has 6 N–H and O–H groups in total. The van der Waals surface area contributed by atoms with E-state index in [1.54, 1.807) is 0 Å². The van der Waals surface area contributed by atoms with E-state index in [1.807, 2.05) is 0 Å². The van der Waals surface area contributed by atoms with Gasteiger partial charge in [-0.2, -0.15) is 0 Å². The highest BCUT2D eigenvalue weighted by Crippen LogP contribution is 2.10. The summed E-state index contributed by atoms with van der Waals surface area (Å²) in [4.78, 5) is 33.8. The molecule has 1 aliphatic rings. The number of aliphatic carboxylic acids is 1. The first kappa shape index (κ1) is 14.6. The third-order valence-electron chi connectivity index (χ3n) is 2.85. The number of amides is 1. The topological polar surface area (TPSA) is 150 Å². The summed E-state index contributed by atoms with van der Waals surface area (Å²) in [7, 11) is 0. The Morgan fingerprint density at radius 2 is 1.83 bits per heavy atom. The number of ketones is 1. The van der Waals surface area contributed by atoms with Crippen LogP contribution in [0.2, 0.25) is 0 Å². The first-order chi connectivity index (χ1) is 8.34. The molecule has 0 saturated carbocycles. The maximum atomic E-state index is 11.5. The second-order valence-electron chi connectivity index (χ2n) is 4.23. The zero-order valence-corrected chi connectivity index (χ0v) is 9.57. The second-order valence-corrected chi connectivity index (χ2v) is 4.23. The number of Topliss-reactive ketones (excluding diaryl/α,β-unsaturated/α-hetero) is 1. The molecule has 0 aromatic carbocycles. The highest BCUT2D eigenvalue weighted by atomic mass is 16.4. The molecule has 8 nitrogen and oxygen atoms in total. The van der Waals surface area contributed by atoms with Crippen molar-refractivity contribution in [3.8, 4) is 0 Å². The van der Waals surface area contributed by atoms with Crippen LogP contribution in [-0.2, 0) is 14.4 Å². The van der Waals surface area contributed by atoms with Crippen LogP contribution in [0.3, 0.4) is 0 Å². The highest BCUT2D eigenvalue weighted by molar-refractivity contribution is 5.95. The van der Waals surface area contributed by atoms with Crippen molar-refractivity contribution < 1.29 is 29.7 Å². The van der Waals surface area contributed by atoms with Gasteiger partial charge in [-0.1, -0.05) is 0 Å². The van der Waals surface area contributed by atoms with Gasteiger partial charge < -0.3 is 26.4 Å². The minimum Gasteiger partial charge on any atom is -0.480 e. The van der Waals surface area contributed by atoms with Crippen LogP contribution in [0.15, 0.2) is 0 Å². The fourth-order valence-corrected chi connectivity index (χ4v) is 1.72. The van der Waals surface area contributed by atoms with Crippen molar-refractivity contribution in [1.82, 2.24) is 5.32 Å². The van der Waals surface area contributed by atoms with E-state index in [4.69, 9.17) is 10.8 Å². The lowest BCUT2D eigenvalue weighted by molar-refractivity contribution is -0.149. The maximum Gasteiger partial charge on any atom is 0.326 e. The Kier molecular flexibility index (Phi) is 4.76. The molecule has 0 aromatic rings. The van der Waals surface area contributed by atoms with Gasteiger partial charge in [-0.3, -0.25) is 9.59 Å². The quantitative estimate of drug-likeness (QED) is 0.345. The zero-order valence-electron chi connectivity index (χ0n) is 9.57. The van der Waals surface area contributed by atoms with Gasteiger partial charge in [0.2, 0.25) is 0 Å². The van der Waals surface area contributed by atoms with Crippen LogP contribution in [0.5, 0.6) is 0 Å². The lowest BCUT2D eigenvalue weighted by Crippen LogP contribution is -2.54. The van der Waals surface area contributed by atoms with Crippen LogP contribution in [0.25, 0.3) is 0 Å². The number of aliphatic hydroxyl groups excluding tert-OH is 2. The standard InChI is InChI=1S/C10H16N2O6/c11-4-2-1-3-5(10(17)18)12-9(16)8(15)7(14)6(4)13/h4-5,7-8,14-15H,1-3,11H2,(H,12,16)(H,17,18)/t4?,5-,7?,8?/m0/s1. The third-order valence-corrected chi connectivity index (χ3v) is 2.85.